The Balaban J connectivity index is 1.46. The Morgan fingerprint density at radius 3 is 2.48 bits per heavy atom. The van der Waals surface area contributed by atoms with E-state index in [-0.39, 0.29) is 24.2 Å². The van der Waals surface area contributed by atoms with Gasteiger partial charge in [0, 0.05) is 23.1 Å². The number of amides is 2. The minimum atomic E-state index is -0.453. The van der Waals surface area contributed by atoms with E-state index in [0.717, 1.165) is 10.2 Å². The maximum Gasteiger partial charge on any atom is 0.322 e. The Hall–Kier alpha value is -3.26. The van der Waals surface area contributed by atoms with Crippen molar-refractivity contribution >= 4 is 39.1 Å². The van der Waals surface area contributed by atoms with Crippen LogP contribution >= 0.6 is 15.9 Å². The number of nitrogens with one attached hydrogen (secondary N) is 1. The number of hydrogen-bond acceptors (Lipinski definition) is 5. The fourth-order valence-electron chi connectivity index (χ4n) is 3.51. The van der Waals surface area contributed by atoms with Crippen molar-refractivity contribution in [1.82, 2.24) is 9.97 Å². The van der Waals surface area contributed by atoms with E-state index in [2.05, 4.69) is 31.2 Å². The Morgan fingerprint density at radius 1 is 1.10 bits per heavy atom. The molecule has 2 heterocycles. The second-order valence-corrected chi connectivity index (χ2v) is 8.26. The Morgan fingerprint density at radius 2 is 1.81 bits per heavy atom. The lowest BCUT2D eigenvalue weighted by molar-refractivity contribution is -0.122. The van der Waals surface area contributed by atoms with Crippen LogP contribution in [-0.4, -0.2) is 28.3 Å². The Bertz CT molecular complexity index is 1110. The predicted octanol–water partition coefficient (Wildman–Crippen LogP) is 4.64. The van der Waals surface area contributed by atoms with Gasteiger partial charge in [0.25, 0.3) is 0 Å². The number of ether oxygens (including phenoxy) is 1. The maximum absolute atomic E-state index is 12.9. The molecule has 0 spiro atoms. The number of benzene rings is 2. The second kappa shape index (κ2) is 8.85. The van der Waals surface area contributed by atoms with E-state index in [0.29, 0.717) is 29.4 Å². The number of nitrogens with zero attached hydrogens (tertiary/aromatic N) is 3. The van der Waals surface area contributed by atoms with Gasteiger partial charge in [-0.3, -0.25) is 9.59 Å². The first-order valence-electron chi connectivity index (χ1n) is 9.85. The lowest BCUT2D eigenvalue weighted by atomic mass is 10.1. The number of aromatic nitrogens is 2. The zero-order chi connectivity index (χ0) is 22.0. The topological polar surface area (TPSA) is 84.4 Å². The van der Waals surface area contributed by atoms with Gasteiger partial charge in [-0.2, -0.15) is 9.97 Å². The highest BCUT2D eigenvalue weighted by atomic mass is 79.9. The summed E-state index contributed by atoms with van der Waals surface area (Å²) >= 11 is 3.42. The average Bonchev–Trinajstić information content (AvgIpc) is 3.13. The third-order valence-electron chi connectivity index (χ3n) is 5.07. The van der Waals surface area contributed by atoms with E-state index < -0.39 is 5.92 Å². The first kappa shape index (κ1) is 21.0. The average molecular weight is 481 g/mol. The van der Waals surface area contributed by atoms with Crippen LogP contribution in [0.15, 0.2) is 59.1 Å². The van der Waals surface area contributed by atoms with Crippen LogP contribution in [0.5, 0.6) is 11.8 Å². The van der Waals surface area contributed by atoms with Crippen LogP contribution in [-0.2, 0) is 9.59 Å². The maximum atomic E-state index is 12.9. The molecule has 1 aromatic heterocycles. The monoisotopic (exact) mass is 480 g/mol. The number of carbonyl (C=O) groups excluding carboxylic acids is 2. The van der Waals surface area contributed by atoms with Gasteiger partial charge in [0.15, 0.2) is 0 Å². The number of para-hydroxylation sites is 1. The fourth-order valence-corrected chi connectivity index (χ4v) is 3.90. The van der Waals surface area contributed by atoms with E-state index in [4.69, 9.17) is 4.74 Å². The largest absolute Gasteiger partial charge is 0.424 e. The molecule has 0 aliphatic carbocycles. The quantitative estimate of drug-likeness (QED) is 0.574. The molecule has 3 aromatic rings. The van der Waals surface area contributed by atoms with Crippen LogP contribution in [0.2, 0.25) is 0 Å². The first-order chi connectivity index (χ1) is 14.9. The SMILES string of the molecule is Cc1nc(Oc2ccccc2)nc(C)c1NC(=O)C1CC(=O)N(c2cccc(Br)c2)C1. The fraction of sp³-hybridized carbons (Fsp3) is 0.217. The van der Waals surface area contributed by atoms with Gasteiger partial charge in [-0.05, 0) is 44.2 Å². The molecular formula is C23H21BrN4O3. The highest BCUT2D eigenvalue weighted by Gasteiger charge is 2.35. The summed E-state index contributed by atoms with van der Waals surface area (Å²) in [6, 6.07) is 17.0. The molecule has 0 radical (unpaired) electrons. The van der Waals surface area contributed by atoms with Gasteiger partial charge in [-0.25, -0.2) is 0 Å². The van der Waals surface area contributed by atoms with Crippen LogP contribution in [0.25, 0.3) is 0 Å². The number of carbonyl (C=O) groups is 2. The standard InChI is InChI=1S/C23H21BrN4O3/c1-14-21(15(2)26-23(25-14)31-19-9-4-3-5-10-19)27-22(30)16-11-20(29)28(13-16)18-8-6-7-17(24)12-18/h3-10,12,16H,11,13H2,1-2H3,(H,27,30). The summed E-state index contributed by atoms with van der Waals surface area (Å²) < 4.78 is 6.58. The molecule has 31 heavy (non-hydrogen) atoms. The van der Waals surface area contributed by atoms with Crippen LogP contribution < -0.4 is 15.0 Å². The molecule has 158 valence electrons. The smallest absolute Gasteiger partial charge is 0.322 e. The second-order valence-electron chi connectivity index (χ2n) is 7.34. The number of halogens is 1. The molecular weight excluding hydrogens is 460 g/mol. The molecule has 1 atom stereocenters. The van der Waals surface area contributed by atoms with E-state index in [1.54, 1.807) is 18.7 Å². The Kier molecular flexibility index (Phi) is 5.99. The van der Waals surface area contributed by atoms with Crippen molar-refractivity contribution < 1.29 is 14.3 Å². The van der Waals surface area contributed by atoms with Crippen molar-refractivity contribution in [3.8, 4) is 11.8 Å². The van der Waals surface area contributed by atoms with Crippen molar-refractivity contribution in [2.24, 2.45) is 5.92 Å². The van der Waals surface area contributed by atoms with Crippen molar-refractivity contribution in [3.63, 3.8) is 0 Å². The molecule has 8 heteroatoms. The minimum absolute atomic E-state index is 0.0745. The number of hydrogen-bond donors (Lipinski definition) is 1. The van der Waals surface area contributed by atoms with Gasteiger partial charge in [0.05, 0.1) is 23.0 Å². The molecule has 7 nitrogen and oxygen atoms in total. The van der Waals surface area contributed by atoms with Gasteiger partial charge in [-0.1, -0.05) is 40.2 Å². The molecule has 0 saturated carbocycles. The van der Waals surface area contributed by atoms with Gasteiger partial charge >= 0.3 is 6.01 Å². The molecule has 0 bridgehead atoms. The summed E-state index contributed by atoms with van der Waals surface area (Å²) in [6.07, 6.45) is 0.159. The number of rotatable bonds is 5. The van der Waals surface area contributed by atoms with E-state index in [1.807, 2.05) is 54.6 Å². The van der Waals surface area contributed by atoms with Crippen LogP contribution in [0.1, 0.15) is 17.8 Å². The van der Waals surface area contributed by atoms with Gasteiger partial charge in [0.2, 0.25) is 11.8 Å². The molecule has 1 saturated heterocycles. The van der Waals surface area contributed by atoms with Gasteiger partial charge < -0.3 is 15.0 Å². The normalized spacial score (nSPS) is 15.8. The van der Waals surface area contributed by atoms with Crippen molar-refractivity contribution in [3.05, 3.63) is 70.5 Å². The third kappa shape index (κ3) is 4.74. The summed E-state index contributed by atoms with van der Waals surface area (Å²) in [5.74, 6) is -0.118. The zero-order valence-corrected chi connectivity index (χ0v) is 18.7. The highest BCUT2D eigenvalue weighted by Crippen LogP contribution is 2.29. The first-order valence-corrected chi connectivity index (χ1v) is 10.6. The highest BCUT2D eigenvalue weighted by molar-refractivity contribution is 9.10. The van der Waals surface area contributed by atoms with Crippen LogP contribution in [0.4, 0.5) is 11.4 Å². The van der Waals surface area contributed by atoms with Crippen molar-refractivity contribution in [2.45, 2.75) is 20.3 Å². The molecule has 1 unspecified atom stereocenters. The van der Waals surface area contributed by atoms with E-state index >= 15 is 0 Å². The lowest BCUT2D eigenvalue weighted by Gasteiger charge is -2.17. The molecule has 1 fully saturated rings. The zero-order valence-electron chi connectivity index (χ0n) is 17.1. The molecule has 1 aliphatic rings. The molecule has 1 N–H and O–H groups in total. The number of anilines is 2. The Labute approximate surface area is 188 Å². The van der Waals surface area contributed by atoms with Crippen molar-refractivity contribution in [2.75, 3.05) is 16.8 Å². The molecule has 2 amide bonds. The van der Waals surface area contributed by atoms with E-state index in [9.17, 15) is 9.59 Å². The van der Waals surface area contributed by atoms with Gasteiger partial charge in [-0.15, -0.1) is 0 Å². The molecule has 2 aromatic carbocycles. The van der Waals surface area contributed by atoms with Crippen molar-refractivity contribution in [1.29, 1.82) is 0 Å². The summed E-state index contributed by atoms with van der Waals surface area (Å²) in [6.45, 7) is 3.90. The summed E-state index contributed by atoms with van der Waals surface area (Å²) in [4.78, 5) is 35.8. The minimum Gasteiger partial charge on any atom is -0.424 e. The third-order valence-corrected chi connectivity index (χ3v) is 5.56. The summed E-state index contributed by atoms with van der Waals surface area (Å²) in [5.41, 5.74) is 2.51. The van der Waals surface area contributed by atoms with Crippen LogP contribution in [0.3, 0.4) is 0 Å². The van der Waals surface area contributed by atoms with Gasteiger partial charge in [0.1, 0.15) is 5.75 Å². The van der Waals surface area contributed by atoms with E-state index in [1.165, 1.54) is 0 Å². The van der Waals surface area contributed by atoms with Crippen LogP contribution in [0, 0.1) is 19.8 Å². The number of aryl methyl sites for hydroxylation is 2. The predicted molar refractivity (Wildman–Crippen MR) is 121 cm³/mol. The molecule has 4 rings (SSSR count). The molecule has 1 aliphatic heterocycles. The lowest BCUT2D eigenvalue weighted by Crippen LogP contribution is -2.28. The summed E-state index contributed by atoms with van der Waals surface area (Å²) in [5, 5.41) is 2.91. The summed E-state index contributed by atoms with van der Waals surface area (Å²) in [7, 11) is 0.